The van der Waals surface area contributed by atoms with E-state index in [1.165, 1.54) is 11.8 Å². The summed E-state index contributed by atoms with van der Waals surface area (Å²) in [6, 6.07) is 6.15. The molecule has 3 heterocycles. The van der Waals surface area contributed by atoms with Crippen LogP contribution in [0, 0.1) is 6.57 Å². The second-order valence-electron chi connectivity index (χ2n) is 6.35. The van der Waals surface area contributed by atoms with Gasteiger partial charge in [0.15, 0.2) is 5.82 Å². The van der Waals surface area contributed by atoms with E-state index in [0.29, 0.717) is 17.2 Å². The number of carbonyl (C=O) groups excluding carboxylic acids is 1. The first-order chi connectivity index (χ1) is 13.2. The minimum Gasteiger partial charge on any atom is -0.379 e. The highest BCUT2D eigenvalue weighted by Gasteiger charge is 2.16. The van der Waals surface area contributed by atoms with Gasteiger partial charge in [-0.2, -0.15) is 5.10 Å². The molecule has 27 heavy (non-hydrogen) atoms. The molecule has 1 aliphatic heterocycles. The van der Waals surface area contributed by atoms with E-state index in [2.05, 4.69) is 47.4 Å². The van der Waals surface area contributed by atoms with Gasteiger partial charge in [-0.15, -0.1) is 0 Å². The lowest BCUT2D eigenvalue weighted by molar-refractivity contribution is -0.114. The summed E-state index contributed by atoms with van der Waals surface area (Å²) in [6.07, 6.45) is 1.51. The van der Waals surface area contributed by atoms with E-state index < -0.39 is 0 Å². The number of hydrogen-bond acceptors (Lipinski definition) is 5. The molecule has 9 heteroatoms. The molecule has 0 aliphatic carbocycles. The van der Waals surface area contributed by atoms with Crippen LogP contribution in [0.3, 0.4) is 0 Å². The maximum Gasteiger partial charge on any atom is 0.304 e. The van der Waals surface area contributed by atoms with Gasteiger partial charge >= 0.3 is 5.91 Å². The lowest BCUT2D eigenvalue weighted by Gasteiger charge is -2.26. The molecule has 1 amide bonds. The Kier molecular flexibility index (Phi) is 4.82. The first-order valence-corrected chi connectivity index (χ1v) is 8.68. The molecule has 1 aliphatic rings. The molecular formula is C18H19N7O2. The summed E-state index contributed by atoms with van der Waals surface area (Å²) in [7, 11) is 0. The van der Waals surface area contributed by atoms with Crippen molar-refractivity contribution >= 4 is 22.6 Å². The van der Waals surface area contributed by atoms with Crippen LogP contribution < -0.4 is 5.32 Å². The molecule has 3 aromatic rings. The Balaban J connectivity index is 1.56. The zero-order chi connectivity index (χ0) is 18.6. The van der Waals surface area contributed by atoms with Crippen molar-refractivity contribution < 1.29 is 9.53 Å². The molecule has 3 N–H and O–H groups in total. The number of amides is 1. The predicted octanol–water partition coefficient (Wildman–Crippen LogP) is 1.64. The fraction of sp³-hybridized carbons (Fsp3) is 0.333. The van der Waals surface area contributed by atoms with E-state index in [1.807, 2.05) is 6.07 Å². The number of anilines is 1. The van der Waals surface area contributed by atoms with Crippen molar-refractivity contribution in [3.63, 3.8) is 0 Å². The van der Waals surface area contributed by atoms with Gasteiger partial charge in [-0.1, -0.05) is 6.07 Å². The summed E-state index contributed by atoms with van der Waals surface area (Å²) < 4.78 is 5.39. The van der Waals surface area contributed by atoms with Crippen LogP contribution in [0.25, 0.3) is 27.4 Å². The number of rotatable bonds is 5. The zero-order valence-corrected chi connectivity index (χ0v) is 14.7. The average Bonchev–Trinajstić information content (AvgIpc) is 3.28. The van der Waals surface area contributed by atoms with Gasteiger partial charge in [-0.3, -0.25) is 14.8 Å². The molecule has 9 nitrogen and oxygen atoms in total. The largest absolute Gasteiger partial charge is 0.379 e. The molecule has 0 atom stereocenters. The molecule has 4 rings (SSSR count). The fourth-order valence-corrected chi connectivity index (χ4v) is 3.11. The van der Waals surface area contributed by atoms with E-state index >= 15 is 0 Å². The summed E-state index contributed by atoms with van der Waals surface area (Å²) in [5, 5.41) is 9.51. The standard InChI is InChI=1S/C18H19N7O2/c1-19-10-16(26)21-15-9-20-24-17(15)18-22-13-3-2-12(8-14(13)23-18)11-25-4-6-27-7-5-25/h2-3,8-9H,4-7,10-11H2,(H,20,24)(H,21,26)(H,22,23). The first kappa shape index (κ1) is 17.2. The fourth-order valence-electron chi connectivity index (χ4n) is 3.11. The normalized spacial score (nSPS) is 14.9. The topological polar surface area (TPSA) is 103 Å². The minimum atomic E-state index is -0.378. The monoisotopic (exact) mass is 365 g/mol. The van der Waals surface area contributed by atoms with E-state index in [1.54, 1.807) is 0 Å². The summed E-state index contributed by atoms with van der Waals surface area (Å²) in [5.74, 6) is 0.209. The van der Waals surface area contributed by atoms with Gasteiger partial charge in [0.1, 0.15) is 5.69 Å². The van der Waals surface area contributed by atoms with Crippen molar-refractivity contribution in [3.05, 3.63) is 41.4 Å². The van der Waals surface area contributed by atoms with Crippen LogP contribution >= 0.6 is 0 Å². The van der Waals surface area contributed by atoms with Crippen LogP contribution in [0.15, 0.2) is 24.4 Å². The van der Waals surface area contributed by atoms with Crippen LogP contribution in [0.2, 0.25) is 0 Å². The quantitative estimate of drug-likeness (QED) is 0.597. The maximum atomic E-state index is 11.7. The Morgan fingerprint density at radius 3 is 3.04 bits per heavy atom. The summed E-state index contributed by atoms with van der Waals surface area (Å²) in [6.45, 7) is 10.9. The van der Waals surface area contributed by atoms with Crippen LogP contribution in [0.1, 0.15) is 5.56 Å². The third-order valence-electron chi connectivity index (χ3n) is 4.43. The number of morpholine rings is 1. The smallest absolute Gasteiger partial charge is 0.304 e. The number of aromatic amines is 2. The van der Waals surface area contributed by atoms with Gasteiger partial charge in [-0.25, -0.2) is 11.6 Å². The van der Waals surface area contributed by atoms with Crippen molar-refractivity contribution in [2.75, 3.05) is 38.2 Å². The van der Waals surface area contributed by atoms with Crippen molar-refractivity contribution in [1.82, 2.24) is 25.1 Å². The van der Waals surface area contributed by atoms with Crippen molar-refractivity contribution in [2.24, 2.45) is 0 Å². The van der Waals surface area contributed by atoms with E-state index in [4.69, 9.17) is 11.3 Å². The summed E-state index contributed by atoms with van der Waals surface area (Å²) in [4.78, 5) is 25.0. The molecule has 0 radical (unpaired) electrons. The predicted molar refractivity (Wildman–Crippen MR) is 99.9 cm³/mol. The molecule has 0 unspecified atom stereocenters. The first-order valence-electron chi connectivity index (χ1n) is 8.68. The van der Waals surface area contributed by atoms with Gasteiger partial charge in [0.05, 0.1) is 36.1 Å². The number of aromatic nitrogens is 4. The molecule has 2 aromatic heterocycles. The molecule has 0 bridgehead atoms. The van der Waals surface area contributed by atoms with Gasteiger partial charge in [-0.05, 0) is 17.7 Å². The molecule has 0 spiro atoms. The Labute approximate surface area is 155 Å². The Bertz CT molecular complexity index is 995. The van der Waals surface area contributed by atoms with Gasteiger partial charge in [0.2, 0.25) is 0 Å². The van der Waals surface area contributed by atoms with Crippen LogP contribution in [-0.4, -0.2) is 63.8 Å². The Hall–Kier alpha value is -3.22. The zero-order valence-electron chi connectivity index (χ0n) is 14.7. The van der Waals surface area contributed by atoms with E-state index in [9.17, 15) is 4.79 Å². The molecule has 1 fully saturated rings. The minimum absolute atomic E-state index is 0.227. The summed E-state index contributed by atoms with van der Waals surface area (Å²) >= 11 is 0. The van der Waals surface area contributed by atoms with Crippen molar-refractivity contribution in [3.8, 4) is 11.5 Å². The molecule has 0 saturated carbocycles. The third kappa shape index (κ3) is 3.81. The second kappa shape index (κ2) is 7.57. The number of nitrogens with one attached hydrogen (secondary N) is 3. The highest BCUT2D eigenvalue weighted by molar-refractivity contribution is 5.96. The van der Waals surface area contributed by atoms with Gasteiger partial charge in [0, 0.05) is 19.6 Å². The SMILES string of the molecule is [C-]#[N+]CC(=O)Nc1cn[nH]c1-c1nc2ccc(CN3CCOCC3)cc2[nH]1. The van der Waals surface area contributed by atoms with Crippen LogP contribution in [0.4, 0.5) is 5.69 Å². The number of imidazole rings is 1. The number of H-pyrrole nitrogens is 2. The van der Waals surface area contributed by atoms with Gasteiger partial charge in [0.25, 0.3) is 6.54 Å². The molecule has 1 saturated heterocycles. The number of hydrogen-bond donors (Lipinski definition) is 3. The molecule has 138 valence electrons. The highest BCUT2D eigenvalue weighted by atomic mass is 16.5. The Morgan fingerprint density at radius 2 is 2.22 bits per heavy atom. The van der Waals surface area contributed by atoms with Crippen molar-refractivity contribution in [2.45, 2.75) is 6.54 Å². The van der Waals surface area contributed by atoms with Crippen LogP contribution in [-0.2, 0) is 16.1 Å². The number of fused-ring (bicyclic) bond motifs is 1. The average molecular weight is 365 g/mol. The summed E-state index contributed by atoms with van der Waals surface area (Å²) in [5.41, 5.74) is 4.04. The van der Waals surface area contributed by atoms with E-state index in [0.717, 1.165) is 43.9 Å². The lowest BCUT2D eigenvalue weighted by Crippen LogP contribution is -2.35. The number of carbonyl (C=O) groups is 1. The molecular weight excluding hydrogens is 346 g/mol. The second-order valence-corrected chi connectivity index (χ2v) is 6.35. The Morgan fingerprint density at radius 1 is 1.37 bits per heavy atom. The number of nitrogens with zero attached hydrogens (tertiary/aromatic N) is 4. The highest BCUT2D eigenvalue weighted by Crippen LogP contribution is 2.26. The van der Waals surface area contributed by atoms with E-state index in [-0.39, 0.29) is 12.5 Å². The number of benzene rings is 1. The van der Waals surface area contributed by atoms with Crippen molar-refractivity contribution in [1.29, 1.82) is 0 Å². The lowest BCUT2D eigenvalue weighted by atomic mass is 10.2. The van der Waals surface area contributed by atoms with Gasteiger partial charge < -0.3 is 19.9 Å². The number of ether oxygens (including phenoxy) is 1. The third-order valence-corrected chi connectivity index (χ3v) is 4.43. The van der Waals surface area contributed by atoms with Crippen LogP contribution in [0.5, 0.6) is 0 Å². The maximum absolute atomic E-state index is 11.7. The molecule has 1 aromatic carbocycles.